The van der Waals surface area contributed by atoms with Crippen LogP contribution in [0, 0.1) is 5.82 Å². The van der Waals surface area contributed by atoms with E-state index in [9.17, 15) is 9.18 Å². The molecule has 2 aromatic carbocycles. The van der Waals surface area contributed by atoms with Crippen molar-refractivity contribution in [1.82, 2.24) is 10.3 Å². The van der Waals surface area contributed by atoms with Crippen LogP contribution >= 0.6 is 0 Å². The van der Waals surface area contributed by atoms with E-state index in [2.05, 4.69) is 15.6 Å². The van der Waals surface area contributed by atoms with Gasteiger partial charge in [-0.05, 0) is 47.5 Å². The first-order valence-corrected chi connectivity index (χ1v) is 8.78. The molecule has 1 aliphatic rings. The lowest BCUT2D eigenvalue weighted by Gasteiger charge is -2.08. The van der Waals surface area contributed by atoms with Crippen molar-refractivity contribution in [2.45, 2.75) is 13.1 Å². The van der Waals surface area contributed by atoms with Crippen LogP contribution in [0.3, 0.4) is 0 Å². The predicted molar refractivity (Wildman–Crippen MR) is 102 cm³/mol. The number of nitrogens with one attached hydrogen (secondary N) is 2. The molecule has 0 atom stereocenters. The number of ether oxygens (including phenoxy) is 2. The maximum absolute atomic E-state index is 12.9. The van der Waals surface area contributed by atoms with Gasteiger partial charge in [-0.25, -0.2) is 9.37 Å². The first kappa shape index (κ1) is 17.8. The van der Waals surface area contributed by atoms with Gasteiger partial charge in [0.2, 0.25) is 6.79 Å². The van der Waals surface area contributed by atoms with Crippen LogP contribution < -0.4 is 20.1 Å². The quantitative estimate of drug-likeness (QED) is 0.686. The zero-order chi connectivity index (χ0) is 19.3. The van der Waals surface area contributed by atoms with Crippen LogP contribution in [0.25, 0.3) is 0 Å². The zero-order valence-electron chi connectivity index (χ0n) is 14.9. The van der Waals surface area contributed by atoms with E-state index < -0.39 is 0 Å². The molecule has 2 heterocycles. The van der Waals surface area contributed by atoms with Crippen molar-refractivity contribution in [2.75, 3.05) is 12.1 Å². The van der Waals surface area contributed by atoms with Gasteiger partial charge in [0.25, 0.3) is 5.91 Å². The van der Waals surface area contributed by atoms with Crippen LogP contribution in [-0.4, -0.2) is 17.7 Å². The van der Waals surface area contributed by atoms with E-state index >= 15 is 0 Å². The molecule has 7 heteroatoms. The Bertz CT molecular complexity index is 975. The molecule has 2 N–H and O–H groups in total. The second-order valence-corrected chi connectivity index (χ2v) is 6.28. The average molecular weight is 379 g/mol. The number of benzene rings is 2. The van der Waals surface area contributed by atoms with Crippen LogP contribution in [0.4, 0.5) is 10.2 Å². The van der Waals surface area contributed by atoms with Gasteiger partial charge in [-0.2, -0.15) is 0 Å². The number of anilines is 1. The summed E-state index contributed by atoms with van der Waals surface area (Å²) in [6, 6.07) is 15.2. The SMILES string of the molecule is O=C(NCc1ccc2c(c1)OCO2)c1ccc(NCc2ccc(F)cc2)nc1. The molecule has 1 aliphatic heterocycles. The lowest BCUT2D eigenvalue weighted by Crippen LogP contribution is -2.22. The van der Waals surface area contributed by atoms with E-state index in [0.717, 1.165) is 11.1 Å². The van der Waals surface area contributed by atoms with Crippen LogP contribution in [0.2, 0.25) is 0 Å². The van der Waals surface area contributed by atoms with Gasteiger partial charge in [-0.1, -0.05) is 18.2 Å². The minimum Gasteiger partial charge on any atom is -0.454 e. The molecule has 1 aromatic heterocycles. The third-order valence-electron chi connectivity index (χ3n) is 4.30. The van der Waals surface area contributed by atoms with Gasteiger partial charge in [0.05, 0.1) is 5.56 Å². The van der Waals surface area contributed by atoms with Crippen LogP contribution in [0.15, 0.2) is 60.8 Å². The van der Waals surface area contributed by atoms with E-state index in [1.54, 1.807) is 24.3 Å². The fourth-order valence-corrected chi connectivity index (χ4v) is 2.76. The van der Waals surface area contributed by atoms with E-state index in [1.807, 2.05) is 18.2 Å². The van der Waals surface area contributed by atoms with E-state index in [-0.39, 0.29) is 18.5 Å². The molecule has 0 saturated heterocycles. The maximum Gasteiger partial charge on any atom is 0.253 e. The molecule has 0 fully saturated rings. The summed E-state index contributed by atoms with van der Waals surface area (Å²) in [5.74, 6) is 1.55. The molecular weight excluding hydrogens is 361 g/mol. The van der Waals surface area contributed by atoms with Crippen molar-refractivity contribution < 1.29 is 18.7 Å². The Morgan fingerprint density at radius 2 is 1.75 bits per heavy atom. The first-order chi connectivity index (χ1) is 13.7. The van der Waals surface area contributed by atoms with Crippen molar-refractivity contribution in [3.05, 3.63) is 83.3 Å². The van der Waals surface area contributed by atoms with Crippen molar-refractivity contribution in [1.29, 1.82) is 0 Å². The summed E-state index contributed by atoms with van der Waals surface area (Å²) in [4.78, 5) is 16.6. The third kappa shape index (κ3) is 4.20. The molecule has 0 spiro atoms. The number of nitrogens with zero attached hydrogens (tertiary/aromatic N) is 1. The highest BCUT2D eigenvalue weighted by Crippen LogP contribution is 2.32. The monoisotopic (exact) mass is 379 g/mol. The van der Waals surface area contributed by atoms with Gasteiger partial charge < -0.3 is 20.1 Å². The summed E-state index contributed by atoms with van der Waals surface area (Å²) >= 11 is 0. The number of carbonyl (C=O) groups excluding carboxylic acids is 1. The van der Waals surface area contributed by atoms with Gasteiger partial charge in [0.15, 0.2) is 11.5 Å². The Morgan fingerprint density at radius 1 is 0.964 bits per heavy atom. The lowest BCUT2D eigenvalue weighted by atomic mass is 10.2. The minimum absolute atomic E-state index is 0.213. The summed E-state index contributed by atoms with van der Waals surface area (Å²) in [6.45, 7) is 1.11. The number of fused-ring (bicyclic) bond motifs is 1. The fourth-order valence-electron chi connectivity index (χ4n) is 2.76. The number of aromatic nitrogens is 1. The largest absolute Gasteiger partial charge is 0.454 e. The van der Waals surface area contributed by atoms with Gasteiger partial charge >= 0.3 is 0 Å². The molecule has 28 heavy (non-hydrogen) atoms. The molecule has 3 aromatic rings. The molecule has 0 unspecified atom stereocenters. The highest BCUT2D eigenvalue weighted by atomic mass is 19.1. The summed E-state index contributed by atoms with van der Waals surface area (Å²) in [6.07, 6.45) is 1.52. The van der Waals surface area contributed by atoms with Crippen LogP contribution in [0.1, 0.15) is 21.5 Å². The number of rotatable bonds is 6. The highest BCUT2D eigenvalue weighted by molar-refractivity contribution is 5.94. The van der Waals surface area contributed by atoms with Crippen LogP contribution in [0.5, 0.6) is 11.5 Å². The van der Waals surface area contributed by atoms with Crippen molar-refractivity contribution in [3.63, 3.8) is 0 Å². The Balaban J connectivity index is 1.30. The summed E-state index contributed by atoms with van der Waals surface area (Å²) in [7, 11) is 0. The fraction of sp³-hybridized carbons (Fsp3) is 0.143. The molecular formula is C21H18FN3O3. The molecule has 6 nitrogen and oxygen atoms in total. The molecule has 0 bridgehead atoms. The first-order valence-electron chi connectivity index (χ1n) is 8.78. The minimum atomic E-state index is -0.266. The van der Waals surface area contributed by atoms with Gasteiger partial charge in [-0.15, -0.1) is 0 Å². The number of pyridine rings is 1. The molecule has 4 rings (SSSR count). The van der Waals surface area contributed by atoms with Crippen molar-refractivity contribution in [2.24, 2.45) is 0 Å². The predicted octanol–water partition coefficient (Wildman–Crippen LogP) is 3.49. The summed E-state index contributed by atoms with van der Waals surface area (Å²) in [5.41, 5.74) is 2.32. The summed E-state index contributed by atoms with van der Waals surface area (Å²) in [5, 5.41) is 6.00. The molecule has 0 radical (unpaired) electrons. The smallest absolute Gasteiger partial charge is 0.253 e. The third-order valence-corrected chi connectivity index (χ3v) is 4.30. The molecule has 0 aliphatic carbocycles. The number of hydrogen-bond acceptors (Lipinski definition) is 5. The molecule has 142 valence electrons. The van der Waals surface area contributed by atoms with Crippen LogP contribution in [-0.2, 0) is 13.1 Å². The Kier molecular flexibility index (Phi) is 5.05. The Hall–Kier alpha value is -3.61. The summed E-state index contributed by atoms with van der Waals surface area (Å²) < 4.78 is 23.5. The van der Waals surface area contributed by atoms with Crippen molar-refractivity contribution in [3.8, 4) is 11.5 Å². The van der Waals surface area contributed by atoms with E-state index in [0.29, 0.717) is 36.0 Å². The highest BCUT2D eigenvalue weighted by Gasteiger charge is 2.13. The normalized spacial score (nSPS) is 11.9. The Morgan fingerprint density at radius 3 is 2.54 bits per heavy atom. The Labute approximate surface area is 161 Å². The second kappa shape index (κ2) is 7.96. The standard InChI is InChI=1S/C21H18FN3O3/c22-17-5-1-14(2-6-17)10-23-20-8-4-16(12-24-20)21(26)25-11-15-3-7-18-19(9-15)28-13-27-18/h1-9,12H,10-11,13H2,(H,23,24)(H,25,26). The van der Waals surface area contributed by atoms with E-state index in [4.69, 9.17) is 9.47 Å². The maximum atomic E-state index is 12.9. The van der Waals surface area contributed by atoms with E-state index in [1.165, 1.54) is 18.3 Å². The molecule has 0 saturated carbocycles. The second-order valence-electron chi connectivity index (χ2n) is 6.28. The van der Waals surface area contributed by atoms with Gasteiger partial charge in [0, 0.05) is 19.3 Å². The number of carbonyl (C=O) groups is 1. The lowest BCUT2D eigenvalue weighted by molar-refractivity contribution is 0.0950. The average Bonchev–Trinajstić information content (AvgIpc) is 3.20. The van der Waals surface area contributed by atoms with Crippen molar-refractivity contribution >= 4 is 11.7 Å². The number of halogens is 1. The zero-order valence-corrected chi connectivity index (χ0v) is 14.9. The van der Waals surface area contributed by atoms with Gasteiger partial charge in [0.1, 0.15) is 11.6 Å². The number of hydrogen-bond donors (Lipinski definition) is 2. The topological polar surface area (TPSA) is 72.5 Å². The molecule has 1 amide bonds. The van der Waals surface area contributed by atoms with Gasteiger partial charge in [-0.3, -0.25) is 4.79 Å². The number of amides is 1.